The van der Waals surface area contributed by atoms with E-state index >= 15 is 0 Å². The molecule has 5 aromatic heterocycles. The Morgan fingerprint density at radius 3 is 1.33 bits per heavy atom. The maximum absolute atomic E-state index is 5.25. The summed E-state index contributed by atoms with van der Waals surface area (Å²) in [5.41, 5.74) is 25.8. The minimum absolute atomic E-state index is 0.590. The number of hydrogen-bond donors (Lipinski definition) is 0. The summed E-state index contributed by atoms with van der Waals surface area (Å²) in [6.07, 6.45) is 4.11. The lowest BCUT2D eigenvalue weighted by molar-refractivity contribution is 1.06. The van der Waals surface area contributed by atoms with Crippen LogP contribution < -0.4 is 0 Å². The maximum Gasteiger partial charge on any atom is 0.164 e. The molecule has 5 heterocycles. The van der Waals surface area contributed by atoms with Crippen molar-refractivity contribution in [2.45, 2.75) is 0 Å². The Labute approximate surface area is 470 Å². The van der Waals surface area contributed by atoms with Crippen LogP contribution in [0.2, 0.25) is 0 Å². The minimum atomic E-state index is 0.590. The molecule has 0 aliphatic heterocycles. The quantitative estimate of drug-likeness (QED) is 0.143. The van der Waals surface area contributed by atoms with Crippen LogP contribution in [0.25, 0.3) is 157 Å². The predicted octanol–water partition coefficient (Wildman–Crippen LogP) is 18.6. The summed E-state index contributed by atoms with van der Waals surface area (Å²) >= 11 is 0. The van der Waals surface area contributed by atoms with Crippen LogP contribution in [0.5, 0.6) is 0 Å². The van der Waals surface area contributed by atoms with Crippen LogP contribution in [0.4, 0.5) is 0 Å². The van der Waals surface area contributed by atoms with Gasteiger partial charge in [0.25, 0.3) is 0 Å². The number of rotatable bonds is 8. The summed E-state index contributed by atoms with van der Waals surface area (Å²) in [6, 6.07) is 93.5. The lowest BCUT2D eigenvalue weighted by Crippen LogP contribution is -2.05. The number of fused-ring (bicyclic) bond motifs is 12. The summed E-state index contributed by atoms with van der Waals surface area (Å²) in [6.45, 7) is 0. The third-order valence-corrected chi connectivity index (χ3v) is 16.5. The first kappa shape index (κ1) is 45.7. The van der Waals surface area contributed by atoms with E-state index in [0.29, 0.717) is 17.5 Å². The Morgan fingerprint density at radius 1 is 0.244 bits per heavy atom. The van der Waals surface area contributed by atoms with Crippen LogP contribution in [-0.2, 0) is 0 Å². The first-order chi connectivity index (χ1) is 40.7. The monoisotopic (exact) mass is 1040 g/mol. The molecule has 1 aliphatic carbocycles. The molecule has 7 nitrogen and oxygen atoms in total. The molecule has 0 spiro atoms. The molecule has 0 fully saturated rings. The summed E-state index contributed by atoms with van der Waals surface area (Å²) in [5, 5.41) is 8.26. The first-order valence-electron chi connectivity index (χ1n) is 27.7. The molecule has 17 rings (SSSR count). The van der Waals surface area contributed by atoms with Crippen molar-refractivity contribution in [1.82, 2.24) is 33.2 Å². The number of para-hydroxylation sites is 5. The third-order valence-electron chi connectivity index (χ3n) is 16.5. The van der Waals surface area contributed by atoms with Gasteiger partial charge in [0.2, 0.25) is 0 Å². The van der Waals surface area contributed by atoms with E-state index in [1.807, 2.05) is 42.5 Å². The molecular weight excluding hydrogens is 999 g/mol. The van der Waals surface area contributed by atoms with Gasteiger partial charge in [-0.2, -0.15) is 0 Å². The van der Waals surface area contributed by atoms with Gasteiger partial charge in [-0.05, 0) is 108 Å². The second-order valence-corrected chi connectivity index (χ2v) is 21.0. The normalized spacial score (nSPS) is 12.1. The van der Waals surface area contributed by atoms with E-state index in [1.165, 1.54) is 26.9 Å². The van der Waals surface area contributed by atoms with E-state index in [-0.39, 0.29) is 0 Å². The highest BCUT2D eigenvalue weighted by Gasteiger charge is 2.24. The molecule has 7 heteroatoms. The van der Waals surface area contributed by atoms with Crippen molar-refractivity contribution in [2.24, 2.45) is 0 Å². The standard InChI is InChI=1S/C75H45N7/c1-4-20-48(21-5-1)73-76-74(49-22-6-2-7-23-49)78-75(77-73)52-38-42-70(81-65-33-17-11-26-55(65)56-27-12-18-34-66(56)81)72(46-52)82-67-35-19-14-30-59(67)62-47-54(39-43-69(62)82)80-63-31-15-10-28-57(63)60-40-36-51(45-71(60)80)50-37-41-68-61(44-50)58-29-13-16-32-64(58)79(68)53-24-8-3-9-25-53/h1-12,14-15,17-47H. The van der Waals surface area contributed by atoms with Gasteiger partial charge in [0.1, 0.15) is 0 Å². The van der Waals surface area contributed by atoms with Crippen LogP contribution in [-0.4, -0.2) is 33.2 Å². The topological polar surface area (TPSA) is 58.4 Å². The van der Waals surface area contributed by atoms with Crippen molar-refractivity contribution in [3.63, 3.8) is 0 Å². The fraction of sp³-hybridized carbons (Fsp3) is 0. The molecule has 0 unspecified atom stereocenters. The first-order valence-corrected chi connectivity index (χ1v) is 27.7. The Morgan fingerprint density at radius 2 is 0.695 bits per heavy atom. The molecule has 0 radical (unpaired) electrons. The van der Waals surface area contributed by atoms with E-state index in [1.54, 1.807) is 0 Å². The summed E-state index contributed by atoms with van der Waals surface area (Å²) in [4.78, 5) is 15.6. The number of nitrogens with zero attached hydrogens (tertiary/aromatic N) is 7. The number of benzene rings is 11. The molecule has 11 aromatic carbocycles. The molecule has 0 saturated heterocycles. The van der Waals surface area contributed by atoms with E-state index < -0.39 is 0 Å². The van der Waals surface area contributed by atoms with Gasteiger partial charge < -0.3 is 18.3 Å². The molecular formula is C75H45N7. The van der Waals surface area contributed by atoms with Gasteiger partial charge in [-0.25, -0.2) is 15.0 Å². The lowest BCUT2D eigenvalue weighted by Gasteiger charge is -2.18. The highest BCUT2D eigenvalue weighted by Crippen LogP contribution is 2.43. The fourth-order valence-electron chi connectivity index (χ4n) is 12.8. The smallest absolute Gasteiger partial charge is 0.164 e. The fourth-order valence-corrected chi connectivity index (χ4v) is 12.8. The Hall–Kier alpha value is -11.3. The Bertz CT molecular complexity index is 5300. The van der Waals surface area contributed by atoms with Crippen LogP contribution >= 0.6 is 0 Å². The largest absolute Gasteiger partial charge is 0.309 e. The second kappa shape index (κ2) is 18.1. The highest BCUT2D eigenvalue weighted by molar-refractivity contribution is 6.14. The molecule has 0 atom stereocenters. The molecule has 380 valence electrons. The lowest BCUT2D eigenvalue weighted by atomic mass is 10.00. The molecule has 16 aromatic rings. The van der Waals surface area contributed by atoms with Gasteiger partial charge in [-0.3, -0.25) is 0 Å². The molecule has 0 N–H and O–H groups in total. The van der Waals surface area contributed by atoms with Gasteiger partial charge in [0.05, 0.1) is 55.7 Å². The second-order valence-electron chi connectivity index (χ2n) is 21.0. The summed E-state index contributed by atoms with van der Waals surface area (Å²) in [5.74, 6) is 1.82. The molecule has 0 saturated carbocycles. The van der Waals surface area contributed by atoms with Crippen molar-refractivity contribution in [3.05, 3.63) is 284 Å². The van der Waals surface area contributed by atoms with Gasteiger partial charge in [0, 0.05) is 77.4 Å². The zero-order chi connectivity index (χ0) is 53.8. The highest BCUT2D eigenvalue weighted by atomic mass is 15.1. The maximum atomic E-state index is 5.25. The van der Waals surface area contributed by atoms with E-state index in [4.69, 9.17) is 15.0 Å². The van der Waals surface area contributed by atoms with E-state index in [9.17, 15) is 0 Å². The zero-order valence-corrected chi connectivity index (χ0v) is 44.1. The molecule has 82 heavy (non-hydrogen) atoms. The minimum Gasteiger partial charge on any atom is -0.309 e. The average molecular weight is 1040 g/mol. The van der Waals surface area contributed by atoms with Gasteiger partial charge >= 0.3 is 0 Å². The Balaban J connectivity index is 0.882. The van der Waals surface area contributed by atoms with Gasteiger partial charge in [0.15, 0.2) is 17.5 Å². The van der Waals surface area contributed by atoms with Crippen molar-refractivity contribution >= 4 is 88.5 Å². The summed E-state index contributed by atoms with van der Waals surface area (Å²) in [7, 11) is 0. The van der Waals surface area contributed by atoms with Crippen LogP contribution in [0, 0.1) is 0 Å². The van der Waals surface area contributed by atoms with Crippen molar-refractivity contribution in [3.8, 4) is 68.0 Å². The predicted molar refractivity (Wildman–Crippen MR) is 337 cm³/mol. The van der Waals surface area contributed by atoms with Crippen LogP contribution in [0.3, 0.4) is 0 Å². The van der Waals surface area contributed by atoms with E-state index in [0.717, 1.165) is 111 Å². The van der Waals surface area contributed by atoms with Crippen LogP contribution in [0.1, 0.15) is 11.3 Å². The average Bonchev–Trinajstić information content (AvgIpc) is 4.31. The number of hydrogen-bond acceptors (Lipinski definition) is 3. The molecule has 1 aliphatic rings. The molecule has 0 bridgehead atoms. The molecule has 0 amide bonds. The van der Waals surface area contributed by atoms with Gasteiger partial charge in [-0.15, -0.1) is 0 Å². The summed E-state index contributed by atoms with van der Waals surface area (Å²) < 4.78 is 9.64. The Kier molecular flexibility index (Phi) is 10.1. The third kappa shape index (κ3) is 7.02. The van der Waals surface area contributed by atoms with Crippen molar-refractivity contribution < 1.29 is 0 Å². The number of aromatic nitrogens is 7. The van der Waals surface area contributed by atoms with Crippen LogP contribution in [0.15, 0.2) is 272 Å². The zero-order valence-electron chi connectivity index (χ0n) is 44.1. The van der Waals surface area contributed by atoms with Gasteiger partial charge in [-0.1, -0.05) is 181 Å². The van der Waals surface area contributed by atoms with Crippen molar-refractivity contribution in [2.75, 3.05) is 0 Å². The van der Waals surface area contributed by atoms with E-state index in [2.05, 4.69) is 260 Å². The SMILES string of the molecule is C1=C=Cc2c(c3cc(-c4ccc5c6ccccc6n(-c6ccc7c(c6)c6ccccc6n7-c6cc(-c7nc(-c8ccccc8)nc(-c8ccccc8)n7)ccc6-n6c7ccccc7c7ccccc76)c5c4)ccc3n2-c2ccccc2)C=1. The van der Waals surface area contributed by atoms with Crippen molar-refractivity contribution in [1.29, 1.82) is 0 Å².